The minimum Gasteiger partial charge on any atom is -0.505 e. The standard InChI is InChI=1S/C38H46ClN3O8.C26H38N2O7.C12H7ClF3NO2.C7H6O2.C4H9N/c1-6-48-35(47)38-18-24(38)14-11-9-7-8-10-13-23(17-29(44)49-36(3,4)5)34(46)42-21-37(19-27(42)33(45)41-38)20-28(43)30-25-15-12-16-26(39)31(25)40-22(2)32(30)50-37;1-5-34-24(33)26-15-18(26)12-10-8-6-7-9-11-17(13-21(30)35-25(2,3)4)23(32)28-16-19(29)14-20(28)22(31)27-26;1-5(18)8-6-3-2-4-7(13)9(6)17-11(10(8)19)12(14,15)16;8-7(9)6-4-2-1-3-5-6;1-2-4-5-3-1/h11-12,14-16,23-24,27H,6-10,13,17-21H2,1-5H3,(H,41,45);10,12,17-18,20H,5-9,11,13-16H2,1-4H3,(H,27,31);2-4,19H,1H3;1-5H,(H,8,9);5H,1-4H2/b14-11-;12-10-;;;/t23-,24-,27+,37+,38-;17-,18-,20+,26-;;;/m11.../s1. The lowest BCUT2D eigenvalue weighted by Crippen LogP contribution is -2.54. The number of para-hydroxylation sites is 2. The van der Waals surface area contributed by atoms with Crippen molar-refractivity contribution in [3.63, 3.8) is 0 Å². The summed E-state index contributed by atoms with van der Waals surface area (Å²) >= 11 is 12.2. The fourth-order valence-electron chi connectivity index (χ4n) is 15.6. The van der Waals surface area contributed by atoms with Gasteiger partial charge in [-0.05, 0) is 171 Å². The van der Waals surface area contributed by atoms with Gasteiger partial charge in [-0.3, -0.25) is 43.2 Å². The van der Waals surface area contributed by atoms with E-state index in [0.717, 1.165) is 51.9 Å². The second-order valence-electron chi connectivity index (χ2n) is 32.9. The molecule has 0 radical (unpaired) electrons. The second-order valence-corrected chi connectivity index (χ2v) is 33.7. The number of aromatic carboxylic acids is 1. The van der Waals surface area contributed by atoms with Crippen molar-refractivity contribution in [2.24, 2.45) is 23.7 Å². The van der Waals surface area contributed by atoms with E-state index in [4.69, 9.17) is 52.0 Å². The van der Waals surface area contributed by atoms with Crippen LogP contribution in [0.15, 0.2) is 91.0 Å². The third-order valence-electron chi connectivity index (χ3n) is 21.4. The van der Waals surface area contributed by atoms with Gasteiger partial charge in [-0.15, -0.1) is 0 Å². The number of carboxylic acid groups (broad SMARTS) is 1. The number of rotatable bonds is 10. The molecule has 118 heavy (non-hydrogen) atoms. The summed E-state index contributed by atoms with van der Waals surface area (Å²) in [6, 6.07) is 15.6. The molecule has 2 aromatic heterocycles. The Labute approximate surface area is 693 Å². The van der Waals surface area contributed by atoms with Gasteiger partial charge in [0.15, 0.2) is 34.5 Å². The number of carbonyl (C=O) groups is 12. The summed E-state index contributed by atoms with van der Waals surface area (Å²) in [6.45, 7) is 19.4. The lowest BCUT2D eigenvalue weighted by molar-refractivity contribution is -0.159. The molecule has 13 rings (SSSR count). The molecule has 9 atom stereocenters. The van der Waals surface area contributed by atoms with E-state index in [-0.39, 0.29) is 104 Å². The van der Waals surface area contributed by atoms with Gasteiger partial charge in [0, 0.05) is 47.3 Å². The minimum absolute atomic E-state index is 0.00133. The van der Waals surface area contributed by atoms with E-state index in [2.05, 4.69) is 25.9 Å². The molecule has 5 fully saturated rings. The molecule has 3 aromatic carbocycles. The number of allylic oxidation sites excluding steroid dienone is 2. The van der Waals surface area contributed by atoms with Crippen LogP contribution < -0.4 is 20.7 Å². The number of aryl methyl sites for hydroxylation is 1. The molecule has 26 nitrogen and oxygen atoms in total. The van der Waals surface area contributed by atoms with Crippen molar-refractivity contribution in [1.82, 2.24) is 35.7 Å². The van der Waals surface area contributed by atoms with Crippen LogP contribution in [0.3, 0.4) is 0 Å². The first kappa shape index (κ1) is 92.0. The highest BCUT2D eigenvalue weighted by atomic mass is 35.5. The summed E-state index contributed by atoms with van der Waals surface area (Å²) in [5.74, 6) is -8.63. The fraction of sp³-hybridized carbons (Fsp3) is 0.540. The third kappa shape index (κ3) is 23.1. The molecule has 2 saturated carbocycles. The molecule has 5 N–H and O–H groups in total. The van der Waals surface area contributed by atoms with Crippen molar-refractivity contribution >= 4 is 116 Å². The number of hydrogen-bond donors (Lipinski definition) is 5. The van der Waals surface area contributed by atoms with Crippen molar-refractivity contribution in [2.75, 3.05) is 39.4 Å². The smallest absolute Gasteiger partial charge is 0.437 e. The molecule has 8 heterocycles. The molecule has 8 aliphatic rings. The van der Waals surface area contributed by atoms with Crippen LogP contribution in [0.25, 0.3) is 21.8 Å². The van der Waals surface area contributed by atoms with E-state index < -0.39 is 128 Å². The number of pyridine rings is 2. The summed E-state index contributed by atoms with van der Waals surface area (Å²) in [6.07, 6.45) is 13.6. The molecule has 0 unspecified atom stereocenters. The van der Waals surface area contributed by atoms with Crippen LogP contribution >= 0.6 is 23.2 Å². The van der Waals surface area contributed by atoms with Gasteiger partial charge >= 0.3 is 36.0 Å². The van der Waals surface area contributed by atoms with Gasteiger partial charge in [-0.1, -0.05) is 116 Å². The first-order chi connectivity index (χ1) is 55.7. The van der Waals surface area contributed by atoms with E-state index in [0.29, 0.717) is 70.6 Å². The van der Waals surface area contributed by atoms with Gasteiger partial charge in [0.25, 0.3) is 0 Å². The number of aromatic hydroxyl groups is 1. The molecule has 2 aliphatic carbocycles. The van der Waals surface area contributed by atoms with Crippen LogP contribution in [0.2, 0.25) is 10.0 Å². The lowest BCUT2D eigenvalue weighted by Gasteiger charge is -2.36. The molecule has 638 valence electrons. The fourth-order valence-corrected chi connectivity index (χ4v) is 16.1. The van der Waals surface area contributed by atoms with E-state index in [1.807, 2.05) is 24.3 Å². The van der Waals surface area contributed by atoms with Crippen LogP contribution in [-0.4, -0.2) is 180 Å². The zero-order valence-electron chi connectivity index (χ0n) is 68.3. The Morgan fingerprint density at radius 2 is 1.14 bits per heavy atom. The number of esters is 4. The largest absolute Gasteiger partial charge is 0.505 e. The highest BCUT2D eigenvalue weighted by Crippen LogP contribution is 2.50. The Balaban J connectivity index is 0.000000200. The average Bonchev–Trinajstić information content (AvgIpc) is 1.49. The third-order valence-corrected chi connectivity index (χ3v) is 22.0. The first-order valence-corrected chi connectivity index (χ1v) is 41.0. The molecule has 6 aliphatic heterocycles. The predicted octanol–water partition coefficient (Wildman–Crippen LogP) is 13.8. The number of aromatic nitrogens is 2. The Morgan fingerprint density at radius 3 is 1.60 bits per heavy atom. The summed E-state index contributed by atoms with van der Waals surface area (Å²) in [5.41, 5.74) is -5.54. The van der Waals surface area contributed by atoms with Crippen molar-refractivity contribution in [1.29, 1.82) is 0 Å². The summed E-state index contributed by atoms with van der Waals surface area (Å²) in [7, 11) is 0. The Hall–Kier alpha value is -9.87. The predicted molar refractivity (Wildman–Crippen MR) is 432 cm³/mol. The number of alkyl halides is 3. The summed E-state index contributed by atoms with van der Waals surface area (Å²) in [5, 5.41) is 28.1. The maximum absolute atomic E-state index is 14.6. The molecule has 5 aromatic rings. The van der Waals surface area contributed by atoms with Crippen LogP contribution in [-0.2, 0) is 68.3 Å². The number of carboxylic acids is 1. The van der Waals surface area contributed by atoms with E-state index >= 15 is 0 Å². The average molecular weight is 1680 g/mol. The number of hydrogen-bond acceptors (Lipinski definition) is 21. The number of ketones is 3. The monoisotopic (exact) mass is 1680 g/mol. The molecule has 3 saturated heterocycles. The molecule has 1 spiro atoms. The van der Waals surface area contributed by atoms with Crippen molar-refractivity contribution in [3.8, 4) is 11.5 Å². The molecular weight excluding hydrogens is 1570 g/mol. The minimum atomic E-state index is -4.87. The van der Waals surface area contributed by atoms with Crippen LogP contribution in [0, 0.1) is 30.6 Å². The van der Waals surface area contributed by atoms with E-state index in [1.54, 1.807) is 111 Å². The lowest BCUT2D eigenvalue weighted by atomic mass is 9.86. The van der Waals surface area contributed by atoms with Gasteiger partial charge in [-0.25, -0.2) is 24.4 Å². The SMILES string of the molecule is C1CCNC1.CC(=O)c1c(O)c(C(F)(F)F)nc2c(Cl)cccc12.CCOC(=O)[C@@]12C[C@H]1/C=C\CCCCC[C@H](CC(=O)OC(C)(C)C)C(=O)N1CC(=O)C[C@H]1C(=O)N2.CCOC(=O)[C@@]12C[C@H]1/C=C\CCCCC[C@H](CC(=O)OC(C)(C)C)C(=O)N1C[C@@]3(CC(=O)c4c(c(C)nc5c(Cl)cccc45)O3)C[C@H]1C(=O)N2.O=C(O)c1ccccc1. The zero-order valence-corrected chi connectivity index (χ0v) is 69.8. The Morgan fingerprint density at radius 1 is 0.636 bits per heavy atom. The van der Waals surface area contributed by atoms with Crippen molar-refractivity contribution < 1.29 is 105 Å². The van der Waals surface area contributed by atoms with E-state index in [1.165, 1.54) is 53.9 Å². The number of benzene rings is 3. The molecular formula is C87H106Cl2F3N7O19. The summed E-state index contributed by atoms with van der Waals surface area (Å²) in [4.78, 5) is 166. The number of fused-ring (bicyclic) bond motifs is 8. The second kappa shape index (κ2) is 39.3. The van der Waals surface area contributed by atoms with Gasteiger partial charge in [0.2, 0.25) is 23.6 Å². The van der Waals surface area contributed by atoms with Gasteiger partial charge in [0.1, 0.15) is 40.0 Å². The van der Waals surface area contributed by atoms with Crippen LogP contribution in [0.4, 0.5) is 13.2 Å². The Bertz CT molecular complexity index is 4670. The van der Waals surface area contributed by atoms with Crippen LogP contribution in [0.1, 0.15) is 227 Å². The molecule has 31 heteroatoms. The normalized spacial score (nSPS) is 25.1. The van der Waals surface area contributed by atoms with Crippen LogP contribution in [0.5, 0.6) is 11.5 Å². The zero-order chi connectivity index (χ0) is 86.4. The van der Waals surface area contributed by atoms with Gasteiger partial charge < -0.3 is 59.6 Å². The number of nitrogens with zero attached hydrogens (tertiary/aromatic N) is 4. The van der Waals surface area contributed by atoms with Gasteiger partial charge in [-0.2, -0.15) is 13.2 Å². The number of Topliss-reactive ketones (excluding diaryl/α,β-unsaturated/α-hetero) is 3. The number of halogens is 5. The van der Waals surface area contributed by atoms with E-state index in [9.17, 15) is 75.8 Å². The Kier molecular flexibility index (Phi) is 30.7. The maximum Gasteiger partial charge on any atom is 0.437 e. The number of ether oxygens (including phenoxy) is 5. The summed E-state index contributed by atoms with van der Waals surface area (Å²) < 4.78 is 66.7. The highest BCUT2D eigenvalue weighted by Gasteiger charge is 2.65. The highest BCUT2D eigenvalue weighted by molar-refractivity contribution is 6.36. The van der Waals surface area contributed by atoms with Crippen molar-refractivity contribution in [2.45, 2.75) is 237 Å². The first-order valence-electron chi connectivity index (χ1n) is 40.2. The quantitative estimate of drug-likeness (QED) is 0.0375. The number of nitrogens with one attached hydrogen (secondary N) is 3. The number of amides is 4. The maximum atomic E-state index is 14.6. The topological polar surface area (TPSA) is 360 Å². The number of carbonyl (C=O) groups excluding carboxylic acids is 11. The van der Waals surface area contributed by atoms with Gasteiger partial charge in [0.05, 0.1) is 89.0 Å². The van der Waals surface area contributed by atoms with Crippen molar-refractivity contribution in [3.05, 3.63) is 129 Å². The molecule has 4 amide bonds. The molecule has 0 bridgehead atoms.